The molecular weight excluding hydrogens is 440 g/mol. The van der Waals surface area contributed by atoms with Gasteiger partial charge in [0, 0.05) is 25.9 Å². The van der Waals surface area contributed by atoms with Crippen molar-refractivity contribution in [1.29, 1.82) is 0 Å². The van der Waals surface area contributed by atoms with Crippen LogP contribution in [0.15, 0.2) is 48.6 Å². The number of nitrogens with zero attached hydrogens (tertiary/aromatic N) is 1. The van der Waals surface area contributed by atoms with Crippen LogP contribution < -0.4 is 14.8 Å². The minimum absolute atomic E-state index is 0.00304. The van der Waals surface area contributed by atoms with E-state index in [9.17, 15) is 9.59 Å². The molecule has 2 aromatic carbocycles. The number of fused-ring (bicyclic) bond motifs is 3. The summed E-state index contributed by atoms with van der Waals surface area (Å²) in [5, 5.41) is 3.75. The molecule has 5 rings (SSSR count). The van der Waals surface area contributed by atoms with Gasteiger partial charge in [0.15, 0.2) is 11.5 Å². The van der Waals surface area contributed by atoms with Crippen LogP contribution in [-0.2, 0) is 4.79 Å². The van der Waals surface area contributed by atoms with Crippen LogP contribution in [0.4, 0.5) is 5.69 Å². The molecule has 6 heteroatoms. The third kappa shape index (κ3) is 4.42. The smallest absolute Gasteiger partial charge is 0.308 e. The Bertz CT molecular complexity index is 1150. The Hall–Kier alpha value is -3.28. The van der Waals surface area contributed by atoms with E-state index in [1.165, 1.54) is 31.7 Å². The zero-order valence-corrected chi connectivity index (χ0v) is 20.8. The number of hydrogen-bond donors (Lipinski definition) is 1. The second-order valence-electron chi connectivity index (χ2n) is 9.96. The van der Waals surface area contributed by atoms with Gasteiger partial charge in [0.1, 0.15) is 0 Å². The Kier molecular flexibility index (Phi) is 6.54. The summed E-state index contributed by atoms with van der Waals surface area (Å²) in [6.45, 7) is 1.38. The van der Waals surface area contributed by atoms with Crippen molar-refractivity contribution < 1.29 is 19.1 Å². The van der Waals surface area contributed by atoms with Crippen LogP contribution in [0.1, 0.15) is 78.9 Å². The van der Waals surface area contributed by atoms with Gasteiger partial charge in [-0.3, -0.25) is 9.59 Å². The maximum absolute atomic E-state index is 13.7. The van der Waals surface area contributed by atoms with Crippen LogP contribution >= 0.6 is 0 Å². The average molecular weight is 475 g/mol. The van der Waals surface area contributed by atoms with E-state index in [1.54, 1.807) is 13.2 Å². The highest BCUT2D eigenvalue weighted by atomic mass is 16.6. The lowest BCUT2D eigenvalue weighted by atomic mass is 9.76. The number of carbonyl (C=O) groups is 2. The third-order valence-electron chi connectivity index (χ3n) is 7.87. The van der Waals surface area contributed by atoms with Crippen LogP contribution in [0.2, 0.25) is 0 Å². The zero-order chi connectivity index (χ0) is 24.5. The minimum atomic E-state index is -0.383. The molecule has 0 bridgehead atoms. The van der Waals surface area contributed by atoms with E-state index in [1.807, 2.05) is 36.2 Å². The first-order valence-electron chi connectivity index (χ1n) is 12.7. The van der Waals surface area contributed by atoms with Crippen molar-refractivity contribution in [3.05, 3.63) is 65.2 Å². The van der Waals surface area contributed by atoms with Crippen molar-refractivity contribution in [3.8, 4) is 11.5 Å². The predicted octanol–water partition coefficient (Wildman–Crippen LogP) is 5.85. The predicted molar refractivity (Wildman–Crippen MR) is 136 cm³/mol. The zero-order valence-electron chi connectivity index (χ0n) is 20.8. The minimum Gasteiger partial charge on any atom is -0.493 e. The SMILES string of the molecule is COc1cc(C2Nc3c(C(=O)N(C)C4CCCCC4)cccc3C3C=CCC32)ccc1OC(C)=O. The molecule has 3 atom stereocenters. The van der Waals surface area contributed by atoms with Gasteiger partial charge in [0.2, 0.25) is 0 Å². The van der Waals surface area contributed by atoms with E-state index in [4.69, 9.17) is 9.47 Å². The fraction of sp³-hybridized carbons (Fsp3) is 0.448. The second kappa shape index (κ2) is 9.76. The summed E-state index contributed by atoms with van der Waals surface area (Å²) in [6.07, 6.45) is 11.3. The molecule has 1 saturated carbocycles. The topological polar surface area (TPSA) is 67.9 Å². The van der Waals surface area contributed by atoms with Crippen LogP contribution in [0.25, 0.3) is 0 Å². The maximum atomic E-state index is 13.7. The lowest BCUT2D eigenvalue weighted by Crippen LogP contribution is -2.39. The van der Waals surface area contributed by atoms with Gasteiger partial charge in [-0.15, -0.1) is 0 Å². The first kappa shape index (κ1) is 23.5. The largest absolute Gasteiger partial charge is 0.493 e. The molecule has 0 spiro atoms. The molecule has 0 saturated heterocycles. The maximum Gasteiger partial charge on any atom is 0.308 e. The molecule has 1 heterocycles. The van der Waals surface area contributed by atoms with Gasteiger partial charge in [-0.25, -0.2) is 0 Å². The lowest BCUT2D eigenvalue weighted by molar-refractivity contribution is -0.132. The highest BCUT2D eigenvalue weighted by Gasteiger charge is 2.40. The number of esters is 1. The molecule has 6 nitrogen and oxygen atoms in total. The fourth-order valence-corrected chi connectivity index (χ4v) is 6.07. The van der Waals surface area contributed by atoms with E-state index < -0.39 is 0 Å². The monoisotopic (exact) mass is 474 g/mol. The molecule has 3 unspecified atom stereocenters. The molecule has 1 N–H and O–H groups in total. The number of anilines is 1. The highest BCUT2D eigenvalue weighted by molar-refractivity contribution is 6.01. The Balaban J connectivity index is 1.50. The molecule has 184 valence electrons. The van der Waals surface area contributed by atoms with Gasteiger partial charge in [-0.05, 0) is 54.5 Å². The van der Waals surface area contributed by atoms with Crippen molar-refractivity contribution in [1.82, 2.24) is 4.90 Å². The Morgan fingerprint density at radius 1 is 1.06 bits per heavy atom. The van der Waals surface area contributed by atoms with Crippen molar-refractivity contribution in [3.63, 3.8) is 0 Å². The molecule has 2 aliphatic carbocycles. The van der Waals surface area contributed by atoms with E-state index in [2.05, 4.69) is 23.5 Å². The normalized spacial score (nSPS) is 23.1. The molecule has 1 amide bonds. The van der Waals surface area contributed by atoms with Gasteiger partial charge in [-0.2, -0.15) is 0 Å². The Morgan fingerprint density at radius 2 is 1.86 bits per heavy atom. The summed E-state index contributed by atoms with van der Waals surface area (Å²) in [5.74, 6) is 1.20. The number of methoxy groups -OCH3 is 1. The van der Waals surface area contributed by atoms with Crippen molar-refractivity contribution in [2.45, 2.75) is 63.5 Å². The van der Waals surface area contributed by atoms with Crippen molar-refractivity contribution >= 4 is 17.6 Å². The quantitative estimate of drug-likeness (QED) is 0.334. The molecule has 2 aromatic rings. The molecule has 1 aliphatic heterocycles. The van der Waals surface area contributed by atoms with Crippen LogP contribution in [0.5, 0.6) is 11.5 Å². The number of para-hydroxylation sites is 1. The number of amides is 1. The summed E-state index contributed by atoms with van der Waals surface area (Å²) in [5.41, 5.74) is 3.90. The van der Waals surface area contributed by atoms with Gasteiger partial charge in [0.25, 0.3) is 5.91 Å². The average Bonchev–Trinajstić information content (AvgIpc) is 3.38. The summed E-state index contributed by atoms with van der Waals surface area (Å²) in [4.78, 5) is 27.1. The van der Waals surface area contributed by atoms with Gasteiger partial charge >= 0.3 is 5.97 Å². The number of ether oxygens (including phenoxy) is 2. The van der Waals surface area contributed by atoms with Gasteiger partial charge in [-0.1, -0.05) is 49.6 Å². The Labute approximate surface area is 207 Å². The van der Waals surface area contributed by atoms with E-state index in [0.29, 0.717) is 23.5 Å². The van der Waals surface area contributed by atoms with Crippen LogP contribution in [0.3, 0.4) is 0 Å². The van der Waals surface area contributed by atoms with Gasteiger partial charge < -0.3 is 19.7 Å². The number of benzene rings is 2. The molecule has 3 aliphatic rings. The highest BCUT2D eigenvalue weighted by Crippen LogP contribution is 2.51. The summed E-state index contributed by atoms with van der Waals surface area (Å²) >= 11 is 0. The first-order chi connectivity index (χ1) is 17.0. The standard InChI is InChI=1S/C29H34N2O4/c1-18(32)35-25-16-15-19(17-26(25)34-3)27-22-12-7-11-21(22)23-13-8-14-24(28(23)30-27)29(33)31(2)20-9-5-4-6-10-20/h7-8,11,13-17,20-22,27,30H,4-6,9-10,12H2,1-3H3. The number of allylic oxidation sites excluding steroid dienone is 2. The van der Waals surface area contributed by atoms with Crippen LogP contribution in [-0.4, -0.2) is 37.0 Å². The Morgan fingerprint density at radius 3 is 2.60 bits per heavy atom. The number of hydrogen-bond acceptors (Lipinski definition) is 5. The third-order valence-corrected chi connectivity index (χ3v) is 7.87. The summed E-state index contributed by atoms with van der Waals surface area (Å²) in [6, 6.07) is 12.1. The van der Waals surface area contributed by atoms with Crippen LogP contribution in [0, 0.1) is 5.92 Å². The fourth-order valence-electron chi connectivity index (χ4n) is 6.07. The van der Waals surface area contributed by atoms with Crippen molar-refractivity contribution in [2.75, 3.05) is 19.5 Å². The summed E-state index contributed by atoms with van der Waals surface area (Å²) in [7, 11) is 3.53. The molecule has 0 aromatic heterocycles. The molecule has 0 radical (unpaired) electrons. The van der Waals surface area contributed by atoms with E-state index >= 15 is 0 Å². The first-order valence-corrected chi connectivity index (χ1v) is 12.7. The number of nitrogens with one attached hydrogen (secondary N) is 1. The van der Waals surface area contributed by atoms with E-state index in [0.717, 1.165) is 36.1 Å². The lowest BCUT2D eigenvalue weighted by Gasteiger charge is -2.39. The second-order valence-corrected chi connectivity index (χ2v) is 9.96. The summed E-state index contributed by atoms with van der Waals surface area (Å²) < 4.78 is 10.8. The number of carbonyl (C=O) groups excluding carboxylic acids is 2. The molecule has 1 fully saturated rings. The van der Waals surface area contributed by atoms with Crippen molar-refractivity contribution in [2.24, 2.45) is 5.92 Å². The van der Waals surface area contributed by atoms with E-state index in [-0.39, 0.29) is 23.8 Å². The molecular formula is C29H34N2O4. The number of rotatable bonds is 5. The van der Waals surface area contributed by atoms with Gasteiger partial charge in [0.05, 0.1) is 24.4 Å². The molecule has 35 heavy (non-hydrogen) atoms.